The molecular weight excluding hydrogens is 474 g/mol. The zero-order chi connectivity index (χ0) is 27.9. The first kappa shape index (κ1) is 35.1. The average molecular weight is 529 g/mol. The molecule has 8 nitrogen and oxygen atoms in total. The van der Waals surface area contributed by atoms with E-state index < -0.39 is 18.1 Å². The standard InChI is InChI=1S/C29H53NO7/c1-6-8-9-10-11-12-13-14-15-16-17-18-20-28(32)37-25(24-36-27(31)19-7-2)23-35-22-21-26(29(33)34)30(3,4)5/h11-12,25-26H,6-10,13-24H2,1-5H3/p+1/b12-11-. The van der Waals surface area contributed by atoms with E-state index in [1.807, 2.05) is 28.1 Å². The smallest absolute Gasteiger partial charge is 0.362 e. The van der Waals surface area contributed by atoms with Gasteiger partial charge in [-0.3, -0.25) is 9.59 Å². The lowest BCUT2D eigenvalue weighted by atomic mass is 10.1. The Hall–Kier alpha value is -1.93. The molecule has 0 saturated heterocycles. The van der Waals surface area contributed by atoms with Crippen LogP contribution in [-0.2, 0) is 28.6 Å². The first-order chi connectivity index (χ1) is 17.6. The van der Waals surface area contributed by atoms with Crippen LogP contribution in [0.25, 0.3) is 0 Å². The Morgan fingerprint density at radius 2 is 1.41 bits per heavy atom. The number of nitrogens with zero attached hydrogens (tertiary/aromatic N) is 1. The second-order valence-corrected chi connectivity index (χ2v) is 10.7. The van der Waals surface area contributed by atoms with Crippen molar-refractivity contribution < 1.29 is 38.2 Å². The van der Waals surface area contributed by atoms with E-state index in [0.29, 0.717) is 25.7 Å². The molecule has 0 aromatic heterocycles. The van der Waals surface area contributed by atoms with Crippen LogP contribution >= 0.6 is 0 Å². The maximum absolute atomic E-state index is 12.4. The normalized spacial score (nSPS) is 13.4. The van der Waals surface area contributed by atoms with Gasteiger partial charge >= 0.3 is 17.9 Å². The lowest BCUT2D eigenvalue weighted by Gasteiger charge is -2.31. The summed E-state index contributed by atoms with van der Waals surface area (Å²) >= 11 is 0. The predicted octanol–water partition coefficient (Wildman–Crippen LogP) is 5.67. The van der Waals surface area contributed by atoms with Gasteiger partial charge < -0.3 is 23.8 Å². The molecule has 0 aliphatic rings. The Labute approximate surface area is 225 Å². The highest BCUT2D eigenvalue weighted by molar-refractivity contribution is 5.72. The van der Waals surface area contributed by atoms with E-state index in [-0.39, 0.29) is 36.2 Å². The molecule has 0 aliphatic carbocycles. The van der Waals surface area contributed by atoms with E-state index in [2.05, 4.69) is 19.1 Å². The largest absolute Gasteiger partial charge is 0.477 e. The number of carboxylic acid groups (broad SMARTS) is 1. The molecule has 37 heavy (non-hydrogen) atoms. The van der Waals surface area contributed by atoms with Crippen LogP contribution in [0, 0.1) is 0 Å². The molecule has 0 heterocycles. The van der Waals surface area contributed by atoms with Gasteiger partial charge in [0.05, 0.1) is 34.4 Å². The summed E-state index contributed by atoms with van der Waals surface area (Å²) in [5.74, 6) is -1.55. The topological polar surface area (TPSA) is 99.1 Å². The maximum atomic E-state index is 12.4. The number of aliphatic carboxylic acids is 1. The van der Waals surface area contributed by atoms with Gasteiger partial charge in [-0.2, -0.15) is 0 Å². The molecular formula is C29H54NO7+. The number of hydrogen-bond donors (Lipinski definition) is 1. The van der Waals surface area contributed by atoms with E-state index in [1.54, 1.807) is 0 Å². The highest BCUT2D eigenvalue weighted by Crippen LogP contribution is 2.11. The van der Waals surface area contributed by atoms with Crippen LogP contribution in [0.15, 0.2) is 12.2 Å². The molecule has 0 amide bonds. The van der Waals surface area contributed by atoms with Crippen LogP contribution in [-0.4, -0.2) is 80.6 Å². The van der Waals surface area contributed by atoms with Crippen LogP contribution in [0.1, 0.15) is 104 Å². The van der Waals surface area contributed by atoms with E-state index in [4.69, 9.17) is 14.2 Å². The molecule has 216 valence electrons. The number of hydrogen-bond acceptors (Lipinski definition) is 6. The van der Waals surface area contributed by atoms with Crippen LogP contribution in [0.3, 0.4) is 0 Å². The molecule has 2 atom stereocenters. The molecule has 0 bridgehead atoms. The Balaban J connectivity index is 4.31. The van der Waals surface area contributed by atoms with Crippen LogP contribution in [0.4, 0.5) is 0 Å². The second kappa shape index (κ2) is 22.1. The number of carbonyl (C=O) groups is 3. The second-order valence-electron chi connectivity index (χ2n) is 10.7. The molecule has 0 spiro atoms. The maximum Gasteiger partial charge on any atom is 0.362 e. The Kier molecular flexibility index (Phi) is 20.9. The molecule has 2 unspecified atom stereocenters. The summed E-state index contributed by atoms with van der Waals surface area (Å²) in [5.41, 5.74) is 0. The van der Waals surface area contributed by atoms with Crippen molar-refractivity contribution in [3.8, 4) is 0 Å². The van der Waals surface area contributed by atoms with Gasteiger partial charge in [0.25, 0.3) is 0 Å². The number of unbranched alkanes of at least 4 members (excludes halogenated alkanes) is 8. The Morgan fingerprint density at radius 1 is 0.784 bits per heavy atom. The van der Waals surface area contributed by atoms with E-state index in [1.165, 1.54) is 32.1 Å². The summed E-state index contributed by atoms with van der Waals surface area (Å²) in [6.07, 6.45) is 16.8. The summed E-state index contributed by atoms with van der Waals surface area (Å²) < 4.78 is 16.7. The summed E-state index contributed by atoms with van der Waals surface area (Å²) in [7, 11) is 5.47. The quantitative estimate of drug-likeness (QED) is 0.0745. The monoisotopic (exact) mass is 528 g/mol. The summed E-state index contributed by atoms with van der Waals surface area (Å²) in [6, 6.07) is -0.606. The number of rotatable bonds is 24. The molecule has 0 radical (unpaired) electrons. The average Bonchev–Trinajstić information content (AvgIpc) is 2.82. The summed E-state index contributed by atoms with van der Waals surface area (Å²) in [6.45, 7) is 4.31. The van der Waals surface area contributed by atoms with Crippen molar-refractivity contribution in [3.63, 3.8) is 0 Å². The highest BCUT2D eigenvalue weighted by Gasteiger charge is 2.31. The molecule has 1 N–H and O–H groups in total. The Bertz CT molecular complexity index is 643. The molecule has 8 heteroatoms. The van der Waals surface area contributed by atoms with Gasteiger partial charge in [-0.25, -0.2) is 4.79 Å². The fourth-order valence-electron chi connectivity index (χ4n) is 3.88. The fraction of sp³-hybridized carbons (Fsp3) is 0.828. The lowest BCUT2D eigenvalue weighted by Crippen LogP contribution is -2.50. The number of likely N-dealkylation sites (N-methyl/N-ethyl adjacent to an activating group) is 1. The van der Waals surface area contributed by atoms with Gasteiger partial charge in [-0.1, -0.05) is 58.1 Å². The summed E-state index contributed by atoms with van der Waals surface area (Å²) in [5, 5.41) is 9.44. The van der Waals surface area contributed by atoms with Crippen molar-refractivity contribution in [1.29, 1.82) is 0 Å². The van der Waals surface area contributed by atoms with Crippen LogP contribution in [0.5, 0.6) is 0 Å². The van der Waals surface area contributed by atoms with Crippen molar-refractivity contribution >= 4 is 17.9 Å². The molecule has 0 aromatic carbocycles. The third kappa shape index (κ3) is 20.8. The van der Waals surface area contributed by atoms with Crippen molar-refractivity contribution in [3.05, 3.63) is 12.2 Å². The number of carbonyl (C=O) groups excluding carboxylic acids is 2. The van der Waals surface area contributed by atoms with Gasteiger partial charge in [0.2, 0.25) is 0 Å². The molecule has 0 aromatic rings. The SMILES string of the molecule is CCCCC/C=C\CCCCCCCC(=O)OC(COCCC(C(=O)O)[N+](C)(C)C)COC(=O)CCC. The minimum absolute atomic E-state index is 0.0561. The number of allylic oxidation sites excluding steroid dienone is 2. The molecule has 0 fully saturated rings. The van der Waals surface area contributed by atoms with E-state index in [9.17, 15) is 19.5 Å². The molecule has 0 rings (SSSR count). The number of ether oxygens (including phenoxy) is 3. The van der Waals surface area contributed by atoms with E-state index in [0.717, 1.165) is 32.1 Å². The number of esters is 2. The van der Waals surface area contributed by atoms with Gasteiger partial charge in [-0.15, -0.1) is 0 Å². The third-order valence-electron chi connectivity index (χ3n) is 6.13. The minimum atomic E-state index is -0.883. The van der Waals surface area contributed by atoms with Crippen molar-refractivity contribution in [2.75, 3.05) is 41.0 Å². The fourth-order valence-corrected chi connectivity index (χ4v) is 3.88. The highest BCUT2D eigenvalue weighted by atomic mass is 16.6. The van der Waals surface area contributed by atoms with Gasteiger partial charge in [-0.05, 0) is 38.5 Å². The van der Waals surface area contributed by atoms with Gasteiger partial charge in [0, 0.05) is 19.3 Å². The van der Waals surface area contributed by atoms with Gasteiger partial charge in [0.15, 0.2) is 12.1 Å². The van der Waals surface area contributed by atoms with Crippen LogP contribution < -0.4 is 0 Å². The summed E-state index contributed by atoms with van der Waals surface area (Å²) in [4.78, 5) is 35.6. The number of carboxylic acids is 1. The van der Waals surface area contributed by atoms with Crippen LogP contribution in [0.2, 0.25) is 0 Å². The minimum Gasteiger partial charge on any atom is -0.477 e. The Morgan fingerprint density at radius 3 is 2.00 bits per heavy atom. The molecule has 0 saturated carbocycles. The van der Waals surface area contributed by atoms with Crippen molar-refractivity contribution in [2.45, 2.75) is 116 Å². The first-order valence-electron chi connectivity index (χ1n) is 14.2. The zero-order valence-electron chi connectivity index (χ0n) is 24.2. The third-order valence-corrected chi connectivity index (χ3v) is 6.13. The lowest BCUT2D eigenvalue weighted by molar-refractivity contribution is -0.887. The zero-order valence-corrected chi connectivity index (χ0v) is 24.2. The van der Waals surface area contributed by atoms with Crippen molar-refractivity contribution in [2.24, 2.45) is 0 Å². The van der Waals surface area contributed by atoms with E-state index >= 15 is 0 Å². The molecule has 0 aliphatic heterocycles. The van der Waals surface area contributed by atoms with Gasteiger partial charge in [0.1, 0.15) is 6.61 Å². The predicted molar refractivity (Wildman–Crippen MR) is 146 cm³/mol. The first-order valence-corrected chi connectivity index (χ1v) is 14.2. The number of quaternary nitrogens is 1. The van der Waals surface area contributed by atoms with Crippen molar-refractivity contribution in [1.82, 2.24) is 0 Å².